The van der Waals surface area contributed by atoms with Gasteiger partial charge in [0.1, 0.15) is 0 Å². The molecule has 0 aromatic rings. The van der Waals surface area contributed by atoms with Gasteiger partial charge in [-0.25, -0.2) is 0 Å². The highest BCUT2D eigenvalue weighted by atomic mass is 32.2. The molecule has 0 aromatic carbocycles. The molecule has 1 aliphatic carbocycles. The Morgan fingerprint density at radius 1 is 1.64 bits per heavy atom. The average Bonchev–Trinajstić information content (AvgIpc) is 2.07. The van der Waals surface area contributed by atoms with Crippen molar-refractivity contribution in [2.45, 2.75) is 13.3 Å². The summed E-state index contributed by atoms with van der Waals surface area (Å²) in [4.78, 5) is 11.3. The van der Waals surface area contributed by atoms with E-state index in [0.717, 1.165) is 12.2 Å². The monoisotopic (exact) mass is 168 g/mol. The summed E-state index contributed by atoms with van der Waals surface area (Å²) in [5.74, 6) is 1.01. The normalized spacial score (nSPS) is 22.1. The first-order valence-corrected chi connectivity index (χ1v) is 4.83. The molecule has 0 spiro atoms. The van der Waals surface area contributed by atoms with Crippen LogP contribution in [0, 0.1) is 5.92 Å². The standard InChI is InChI=1S/C9H12OS/c1-2-11-9(10)8-6-4-3-5-7-8/h3-6,8H,2,7H2,1H3. The van der Waals surface area contributed by atoms with Crippen molar-refractivity contribution >= 4 is 16.9 Å². The SMILES string of the molecule is CCSC(=O)C1C=CC=CC1. The highest BCUT2D eigenvalue weighted by Crippen LogP contribution is 2.18. The van der Waals surface area contributed by atoms with Gasteiger partial charge in [0.05, 0.1) is 0 Å². The Balaban J connectivity index is 2.42. The molecule has 0 amide bonds. The summed E-state index contributed by atoms with van der Waals surface area (Å²) in [6, 6.07) is 0. The molecule has 0 saturated carbocycles. The van der Waals surface area contributed by atoms with Gasteiger partial charge in [0, 0.05) is 5.92 Å². The van der Waals surface area contributed by atoms with Gasteiger partial charge in [-0.1, -0.05) is 43.0 Å². The van der Waals surface area contributed by atoms with Gasteiger partial charge in [0.25, 0.3) is 0 Å². The lowest BCUT2D eigenvalue weighted by Crippen LogP contribution is -2.08. The topological polar surface area (TPSA) is 17.1 Å². The quantitative estimate of drug-likeness (QED) is 0.629. The van der Waals surface area contributed by atoms with Crippen LogP contribution < -0.4 is 0 Å². The van der Waals surface area contributed by atoms with Crippen molar-refractivity contribution in [2.75, 3.05) is 5.75 Å². The van der Waals surface area contributed by atoms with Gasteiger partial charge in [-0.2, -0.15) is 0 Å². The highest BCUT2D eigenvalue weighted by Gasteiger charge is 2.14. The van der Waals surface area contributed by atoms with E-state index in [1.165, 1.54) is 11.8 Å². The van der Waals surface area contributed by atoms with E-state index < -0.39 is 0 Å². The van der Waals surface area contributed by atoms with Crippen LogP contribution in [0.1, 0.15) is 13.3 Å². The molecule has 0 heterocycles. The zero-order valence-corrected chi connectivity index (χ0v) is 7.43. The molecule has 0 aromatic heterocycles. The van der Waals surface area contributed by atoms with Gasteiger partial charge in [0.2, 0.25) is 0 Å². The van der Waals surface area contributed by atoms with Crippen molar-refractivity contribution in [3.8, 4) is 0 Å². The minimum atomic E-state index is 0.130. The third-order valence-corrected chi connectivity index (χ3v) is 2.45. The summed E-state index contributed by atoms with van der Waals surface area (Å²) >= 11 is 1.41. The summed E-state index contributed by atoms with van der Waals surface area (Å²) < 4.78 is 0. The molecule has 1 unspecified atom stereocenters. The first-order chi connectivity index (χ1) is 5.34. The predicted molar refractivity (Wildman–Crippen MR) is 49.5 cm³/mol. The van der Waals surface area contributed by atoms with E-state index in [4.69, 9.17) is 0 Å². The summed E-state index contributed by atoms with van der Waals surface area (Å²) in [5.41, 5.74) is 0. The van der Waals surface area contributed by atoms with Crippen LogP contribution in [0.25, 0.3) is 0 Å². The van der Waals surface area contributed by atoms with Crippen LogP contribution >= 0.6 is 11.8 Å². The van der Waals surface area contributed by atoms with Crippen LogP contribution in [-0.4, -0.2) is 10.9 Å². The van der Waals surface area contributed by atoms with Gasteiger partial charge < -0.3 is 0 Å². The molecule has 60 valence electrons. The number of carbonyl (C=O) groups is 1. The molecule has 1 nitrogen and oxygen atoms in total. The third-order valence-electron chi connectivity index (χ3n) is 1.57. The predicted octanol–water partition coefficient (Wildman–Crippen LogP) is 2.40. The number of thioether (sulfide) groups is 1. The molecule has 1 aliphatic rings. The van der Waals surface area contributed by atoms with Crippen LogP contribution in [0.2, 0.25) is 0 Å². The maximum atomic E-state index is 11.3. The Labute approximate surface area is 71.6 Å². The maximum Gasteiger partial charge on any atom is 0.196 e. The Bertz CT molecular complexity index is 194. The number of hydrogen-bond acceptors (Lipinski definition) is 2. The molecular formula is C9H12OS. The van der Waals surface area contributed by atoms with E-state index in [0.29, 0.717) is 5.12 Å². The average molecular weight is 168 g/mol. The Kier molecular flexibility index (Phi) is 3.43. The van der Waals surface area contributed by atoms with Gasteiger partial charge >= 0.3 is 0 Å². The fraction of sp³-hybridized carbons (Fsp3) is 0.444. The zero-order chi connectivity index (χ0) is 8.10. The number of allylic oxidation sites excluding steroid dienone is 4. The molecular weight excluding hydrogens is 156 g/mol. The molecule has 0 fully saturated rings. The molecule has 1 rings (SSSR count). The summed E-state index contributed by atoms with van der Waals surface area (Å²) in [5, 5.41) is 0.299. The van der Waals surface area contributed by atoms with Crippen molar-refractivity contribution in [3.63, 3.8) is 0 Å². The summed E-state index contributed by atoms with van der Waals surface area (Å²) in [7, 11) is 0. The molecule has 0 saturated heterocycles. The van der Waals surface area contributed by atoms with E-state index in [9.17, 15) is 4.79 Å². The molecule has 1 atom stereocenters. The van der Waals surface area contributed by atoms with Gasteiger partial charge in [0.15, 0.2) is 5.12 Å². The first-order valence-electron chi connectivity index (χ1n) is 3.84. The van der Waals surface area contributed by atoms with E-state index >= 15 is 0 Å². The fourth-order valence-electron chi connectivity index (χ4n) is 1.00. The maximum absolute atomic E-state index is 11.3. The Hall–Kier alpha value is -0.500. The van der Waals surface area contributed by atoms with Crippen molar-refractivity contribution in [1.29, 1.82) is 0 Å². The van der Waals surface area contributed by atoms with Crippen LogP contribution in [0.15, 0.2) is 24.3 Å². The minimum Gasteiger partial charge on any atom is -0.287 e. The second kappa shape index (κ2) is 4.39. The lowest BCUT2D eigenvalue weighted by atomic mass is 10.0. The molecule has 0 radical (unpaired) electrons. The van der Waals surface area contributed by atoms with E-state index in [2.05, 4.69) is 0 Å². The number of carbonyl (C=O) groups excluding carboxylic acids is 1. The largest absolute Gasteiger partial charge is 0.287 e. The van der Waals surface area contributed by atoms with Crippen LogP contribution in [0.5, 0.6) is 0 Å². The number of rotatable bonds is 2. The smallest absolute Gasteiger partial charge is 0.196 e. The molecule has 0 N–H and O–H groups in total. The van der Waals surface area contributed by atoms with Gasteiger partial charge in [-0.3, -0.25) is 4.79 Å². The van der Waals surface area contributed by atoms with Crippen molar-refractivity contribution < 1.29 is 4.79 Å². The van der Waals surface area contributed by atoms with Crippen LogP contribution in [0.3, 0.4) is 0 Å². The Morgan fingerprint density at radius 3 is 3.00 bits per heavy atom. The van der Waals surface area contributed by atoms with Crippen molar-refractivity contribution in [1.82, 2.24) is 0 Å². The second-order valence-corrected chi connectivity index (χ2v) is 3.68. The Morgan fingerprint density at radius 2 is 2.45 bits per heavy atom. The van der Waals surface area contributed by atoms with E-state index in [1.807, 2.05) is 31.2 Å². The van der Waals surface area contributed by atoms with Crippen LogP contribution in [0.4, 0.5) is 0 Å². The lowest BCUT2D eigenvalue weighted by molar-refractivity contribution is -0.113. The highest BCUT2D eigenvalue weighted by molar-refractivity contribution is 8.13. The summed E-state index contributed by atoms with van der Waals surface area (Å²) in [6.07, 6.45) is 8.83. The van der Waals surface area contributed by atoms with Crippen molar-refractivity contribution in [3.05, 3.63) is 24.3 Å². The second-order valence-electron chi connectivity index (χ2n) is 2.41. The van der Waals surface area contributed by atoms with Gasteiger partial charge in [-0.05, 0) is 12.2 Å². The lowest BCUT2D eigenvalue weighted by Gasteiger charge is -2.09. The molecule has 2 heteroatoms. The first kappa shape index (κ1) is 8.60. The zero-order valence-electron chi connectivity index (χ0n) is 6.62. The van der Waals surface area contributed by atoms with E-state index in [-0.39, 0.29) is 5.92 Å². The summed E-state index contributed by atoms with van der Waals surface area (Å²) in [6.45, 7) is 2.00. The van der Waals surface area contributed by atoms with E-state index in [1.54, 1.807) is 0 Å². The fourth-order valence-corrected chi connectivity index (χ4v) is 1.68. The van der Waals surface area contributed by atoms with Crippen molar-refractivity contribution in [2.24, 2.45) is 5.92 Å². The molecule has 11 heavy (non-hydrogen) atoms. The molecule has 0 aliphatic heterocycles. The van der Waals surface area contributed by atoms with Crippen LogP contribution in [-0.2, 0) is 4.79 Å². The minimum absolute atomic E-state index is 0.130. The number of hydrogen-bond donors (Lipinski definition) is 0. The van der Waals surface area contributed by atoms with Gasteiger partial charge in [-0.15, -0.1) is 0 Å². The molecule has 0 bridgehead atoms. The third kappa shape index (κ3) is 2.54.